The summed E-state index contributed by atoms with van der Waals surface area (Å²) in [5.41, 5.74) is 3.19. The molecular formula is C19H23BClNO4S. The Morgan fingerprint density at radius 2 is 1.81 bits per heavy atom. The monoisotopic (exact) mass is 407 g/mol. The van der Waals surface area contributed by atoms with E-state index in [2.05, 4.69) is 11.4 Å². The van der Waals surface area contributed by atoms with E-state index < -0.39 is 5.02 Å². The van der Waals surface area contributed by atoms with Crippen molar-refractivity contribution in [3.63, 3.8) is 0 Å². The zero-order valence-corrected chi connectivity index (χ0v) is 17.2. The maximum atomic E-state index is 9.43. The number of rotatable bonds is 9. The second kappa shape index (κ2) is 9.71. The first-order valence-electron chi connectivity index (χ1n) is 8.36. The topological polar surface area (TPSA) is 71.0 Å². The average molecular weight is 408 g/mol. The highest BCUT2D eigenvalue weighted by atomic mass is 35.5. The maximum absolute atomic E-state index is 9.43. The number of hydrogen-bond donors (Lipinski definition) is 3. The number of methoxy groups -OCH3 is 2. The first kappa shape index (κ1) is 21.9. The predicted octanol–water partition coefficient (Wildman–Crippen LogP) is 2.85. The zero-order valence-electron chi connectivity index (χ0n) is 15.6. The van der Waals surface area contributed by atoms with Gasteiger partial charge in [-0.05, 0) is 60.8 Å². The van der Waals surface area contributed by atoms with Crippen LogP contribution in [0.4, 0.5) is 0 Å². The molecule has 0 fully saturated rings. The van der Waals surface area contributed by atoms with Crippen LogP contribution >= 0.6 is 23.4 Å². The van der Waals surface area contributed by atoms with Crippen LogP contribution in [0.15, 0.2) is 35.2 Å². The van der Waals surface area contributed by atoms with Crippen molar-refractivity contribution in [1.29, 1.82) is 0 Å². The quantitative estimate of drug-likeness (QED) is 0.257. The highest BCUT2D eigenvalue weighted by Crippen LogP contribution is 2.39. The Morgan fingerprint density at radius 3 is 2.41 bits per heavy atom. The molecule has 0 atom stereocenters. The van der Waals surface area contributed by atoms with E-state index in [0.717, 1.165) is 28.3 Å². The fraction of sp³-hybridized carbons (Fsp3) is 0.368. The van der Waals surface area contributed by atoms with Gasteiger partial charge in [0.1, 0.15) is 11.5 Å². The second-order valence-corrected chi connectivity index (χ2v) is 7.82. The van der Waals surface area contributed by atoms with Gasteiger partial charge in [-0.15, -0.1) is 0 Å². The summed E-state index contributed by atoms with van der Waals surface area (Å²) in [6.45, 7) is 3.44. The number of halogens is 1. The summed E-state index contributed by atoms with van der Waals surface area (Å²) in [6.07, 6.45) is 0.704. The van der Waals surface area contributed by atoms with Crippen LogP contribution in [0.25, 0.3) is 0 Å². The summed E-state index contributed by atoms with van der Waals surface area (Å²) in [4.78, 5) is 0.480. The van der Waals surface area contributed by atoms with Gasteiger partial charge < -0.3 is 25.0 Å². The van der Waals surface area contributed by atoms with Crippen molar-refractivity contribution < 1.29 is 19.7 Å². The molecule has 0 bridgehead atoms. The summed E-state index contributed by atoms with van der Waals surface area (Å²) in [5, 5.41) is 20.6. The third kappa shape index (κ3) is 6.94. The molecule has 2 rings (SSSR count). The molecule has 0 amide bonds. The number of benzene rings is 2. The Kier molecular flexibility index (Phi) is 7.88. The van der Waals surface area contributed by atoms with Crippen molar-refractivity contribution >= 4 is 31.2 Å². The lowest BCUT2D eigenvalue weighted by Gasteiger charge is -2.20. The fourth-order valence-electron chi connectivity index (χ4n) is 2.74. The summed E-state index contributed by atoms with van der Waals surface area (Å²) in [5.74, 6) is 1.13. The lowest BCUT2D eigenvalue weighted by atomic mass is 10.1. The van der Waals surface area contributed by atoms with Crippen molar-refractivity contribution in [1.82, 2.24) is 5.32 Å². The van der Waals surface area contributed by atoms with Crippen molar-refractivity contribution in [2.24, 2.45) is 0 Å². The third-order valence-electron chi connectivity index (χ3n) is 3.83. The van der Waals surface area contributed by atoms with Crippen LogP contribution in [0.5, 0.6) is 11.5 Å². The van der Waals surface area contributed by atoms with E-state index in [1.54, 1.807) is 13.2 Å². The molecule has 5 nitrogen and oxygen atoms in total. The molecular weight excluding hydrogens is 385 g/mol. The summed E-state index contributed by atoms with van der Waals surface area (Å²) >= 11 is 6.76. The number of thioether (sulfide) groups is 1. The Bertz CT molecular complexity index is 763. The third-order valence-corrected chi connectivity index (χ3v) is 4.89. The highest BCUT2D eigenvalue weighted by molar-refractivity contribution is 8.01. The van der Waals surface area contributed by atoms with Crippen LogP contribution in [0.3, 0.4) is 0 Å². The largest absolute Gasteiger partial charge is 0.496 e. The Hall–Kier alpha value is -1.38. The SMILES string of the molecule is [B]C(O)(O)Sc1cc(OC)c(CCNCc2cc(C)cc(Cl)c2)cc1OC. The van der Waals surface area contributed by atoms with E-state index in [1.165, 1.54) is 7.11 Å². The summed E-state index contributed by atoms with van der Waals surface area (Å²) < 4.78 is 10.8. The van der Waals surface area contributed by atoms with E-state index >= 15 is 0 Å². The Morgan fingerprint density at radius 1 is 1.11 bits per heavy atom. The van der Waals surface area contributed by atoms with Gasteiger partial charge in [-0.1, -0.05) is 29.4 Å². The minimum Gasteiger partial charge on any atom is -0.496 e. The molecule has 0 saturated heterocycles. The summed E-state index contributed by atoms with van der Waals surface area (Å²) in [6, 6.07) is 9.47. The lowest BCUT2D eigenvalue weighted by molar-refractivity contribution is -0.00161. The van der Waals surface area contributed by atoms with E-state index in [0.29, 0.717) is 41.1 Å². The molecule has 0 heterocycles. The van der Waals surface area contributed by atoms with E-state index in [4.69, 9.17) is 28.9 Å². The van der Waals surface area contributed by atoms with Crippen molar-refractivity contribution in [2.45, 2.75) is 29.8 Å². The molecule has 2 aromatic carbocycles. The normalized spacial score (nSPS) is 11.5. The van der Waals surface area contributed by atoms with E-state index in [9.17, 15) is 10.2 Å². The van der Waals surface area contributed by atoms with Crippen LogP contribution in [0, 0.1) is 6.92 Å². The molecule has 3 N–H and O–H groups in total. The number of ether oxygens (including phenoxy) is 2. The predicted molar refractivity (Wildman–Crippen MR) is 110 cm³/mol. The van der Waals surface area contributed by atoms with Gasteiger partial charge in [0.25, 0.3) is 0 Å². The molecule has 0 unspecified atom stereocenters. The molecule has 2 radical (unpaired) electrons. The molecule has 0 aromatic heterocycles. The zero-order chi connectivity index (χ0) is 20.0. The highest BCUT2D eigenvalue weighted by Gasteiger charge is 2.21. The molecule has 0 spiro atoms. The van der Waals surface area contributed by atoms with Crippen LogP contribution in [-0.4, -0.2) is 43.8 Å². The minimum atomic E-state index is -2.39. The Labute approximate surface area is 170 Å². The van der Waals surface area contributed by atoms with Gasteiger partial charge in [-0.3, -0.25) is 0 Å². The molecule has 27 heavy (non-hydrogen) atoms. The summed E-state index contributed by atoms with van der Waals surface area (Å²) in [7, 11) is 8.33. The van der Waals surface area contributed by atoms with Gasteiger partial charge >= 0.3 is 0 Å². The smallest absolute Gasteiger partial charge is 0.170 e. The van der Waals surface area contributed by atoms with Gasteiger partial charge in [0.2, 0.25) is 0 Å². The van der Waals surface area contributed by atoms with E-state index in [-0.39, 0.29) is 0 Å². The van der Waals surface area contributed by atoms with E-state index in [1.807, 2.05) is 25.1 Å². The van der Waals surface area contributed by atoms with Crippen molar-refractivity contribution in [2.75, 3.05) is 20.8 Å². The molecule has 2 aromatic rings. The maximum Gasteiger partial charge on any atom is 0.170 e. The van der Waals surface area contributed by atoms with Gasteiger partial charge in [-0.25, -0.2) is 0 Å². The average Bonchev–Trinajstić information content (AvgIpc) is 2.57. The molecule has 0 aliphatic heterocycles. The number of nitrogens with one attached hydrogen (secondary N) is 1. The molecule has 144 valence electrons. The van der Waals surface area contributed by atoms with Crippen molar-refractivity contribution in [3.8, 4) is 11.5 Å². The fourth-order valence-corrected chi connectivity index (χ4v) is 3.78. The second-order valence-electron chi connectivity index (χ2n) is 6.14. The first-order chi connectivity index (χ1) is 12.7. The van der Waals surface area contributed by atoms with Crippen LogP contribution < -0.4 is 14.8 Å². The number of aliphatic hydroxyl groups is 2. The van der Waals surface area contributed by atoms with Crippen LogP contribution in [-0.2, 0) is 13.0 Å². The number of aryl methyl sites for hydroxylation is 1. The van der Waals surface area contributed by atoms with Gasteiger partial charge in [-0.2, -0.15) is 0 Å². The van der Waals surface area contributed by atoms with Crippen molar-refractivity contribution in [3.05, 3.63) is 52.0 Å². The van der Waals surface area contributed by atoms with Gasteiger partial charge in [0.05, 0.1) is 19.1 Å². The van der Waals surface area contributed by atoms with Gasteiger partial charge in [0.15, 0.2) is 12.9 Å². The lowest BCUT2D eigenvalue weighted by Crippen LogP contribution is -2.22. The minimum absolute atomic E-state index is 0.480. The van der Waals surface area contributed by atoms with Crippen LogP contribution in [0.1, 0.15) is 16.7 Å². The molecule has 0 aliphatic carbocycles. The number of hydrogen-bond acceptors (Lipinski definition) is 6. The Balaban J connectivity index is 2.04. The van der Waals surface area contributed by atoms with Crippen LogP contribution in [0.2, 0.25) is 5.02 Å². The standard InChI is InChI=1S/C19H23BClNO4S/c1-12-6-13(8-15(21)7-12)11-22-5-4-14-9-17(26-3)18(10-16(14)25-2)27-19(20,23)24/h6-10,22-24H,4-5,11H2,1-3H3. The van der Waals surface area contributed by atoms with Gasteiger partial charge in [0, 0.05) is 11.6 Å². The first-order valence-corrected chi connectivity index (χ1v) is 9.55. The molecule has 0 aliphatic rings. The molecule has 0 saturated carbocycles. The molecule has 8 heteroatoms.